The van der Waals surface area contributed by atoms with Gasteiger partial charge in [-0.2, -0.15) is 0 Å². The summed E-state index contributed by atoms with van der Waals surface area (Å²) in [7, 11) is 0. The number of aromatic amines is 1. The van der Waals surface area contributed by atoms with E-state index in [1.54, 1.807) is 17.7 Å². The molecule has 2 heterocycles. The lowest BCUT2D eigenvalue weighted by Gasteiger charge is -2.09. The zero-order valence-corrected chi connectivity index (χ0v) is 18.6. The number of aromatic nitrogens is 6. The van der Waals surface area contributed by atoms with Crippen LogP contribution in [0.15, 0.2) is 59.5 Å². The summed E-state index contributed by atoms with van der Waals surface area (Å²) in [5.41, 5.74) is 4.25. The first-order valence-electron chi connectivity index (χ1n) is 10.8. The molecule has 0 radical (unpaired) electrons. The van der Waals surface area contributed by atoms with Gasteiger partial charge in [-0.15, -0.1) is 11.0 Å². The van der Waals surface area contributed by atoms with Gasteiger partial charge in [-0.25, -0.2) is 14.5 Å². The van der Waals surface area contributed by atoms with Crippen LogP contribution in [0.4, 0.5) is 0 Å². The Balaban J connectivity index is 1.65. The quantitative estimate of drug-likeness (QED) is 0.443. The van der Waals surface area contributed by atoms with Crippen molar-refractivity contribution >= 4 is 5.91 Å². The van der Waals surface area contributed by atoms with E-state index in [1.807, 2.05) is 55.5 Å². The summed E-state index contributed by atoms with van der Waals surface area (Å²) in [4.78, 5) is 25.4. The minimum Gasteiger partial charge on any atom is -0.291 e. The summed E-state index contributed by atoms with van der Waals surface area (Å²) in [5, 5.41) is 14.2. The molecule has 0 fully saturated rings. The highest BCUT2D eigenvalue weighted by Crippen LogP contribution is 2.29. The van der Waals surface area contributed by atoms with E-state index in [-0.39, 0.29) is 11.6 Å². The van der Waals surface area contributed by atoms with Crippen molar-refractivity contribution < 1.29 is 4.79 Å². The molecule has 0 saturated heterocycles. The number of hydrogen-bond acceptors (Lipinski definition) is 5. The first-order valence-corrected chi connectivity index (χ1v) is 10.8. The highest BCUT2D eigenvalue weighted by Gasteiger charge is 2.16. The Morgan fingerprint density at radius 1 is 1.09 bits per heavy atom. The predicted octanol–water partition coefficient (Wildman–Crippen LogP) is 3.55. The van der Waals surface area contributed by atoms with E-state index in [1.165, 1.54) is 4.57 Å². The number of carbonyl (C=O) groups excluding carboxylic acids is 1. The summed E-state index contributed by atoms with van der Waals surface area (Å²) in [5.74, 6) is 6.26. The normalized spacial score (nSPS) is 10.6. The summed E-state index contributed by atoms with van der Waals surface area (Å²) in [6.45, 7) is 4.04. The zero-order valence-electron chi connectivity index (χ0n) is 18.6. The van der Waals surface area contributed by atoms with E-state index < -0.39 is 0 Å². The van der Waals surface area contributed by atoms with E-state index in [4.69, 9.17) is 0 Å². The van der Waals surface area contributed by atoms with Gasteiger partial charge in [-0.05, 0) is 40.5 Å². The molecule has 0 bridgehead atoms. The fraction of sp³-hybridized carbons (Fsp3) is 0.240. The molecule has 0 aliphatic carbocycles. The lowest BCUT2D eigenvalue weighted by atomic mass is 9.98. The number of tetrazole rings is 1. The molecule has 1 N–H and O–H groups in total. The Bertz CT molecular complexity index is 1370. The van der Waals surface area contributed by atoms with Crippen LogP contribution in [0.2, 0.25) is 0 Å². The number of H-pyrrole nitrogens is 1. The third kappa shape index (κ3) is 4.67. The molecule has 4 rings (SSSR count). The van der Waals surface area contributed by atoms with Crippen LogP contribution in [-0.2, 0) is 13.0 Å². The van der Waals surface area contributed by atoms with Gasteiger partial charge in [0.2, 0.25) is 5.91 Å². The minimum absolute atomic E-state index is 0.194. The molecule has 0 atom stereocenters. The van der Waals surface area contributed by atoms with Gasteiger partial charge in [0.25, 0.3) is 0 Å². The number of carbonyl (C=O) groups is 1. The molecule has 0 unspecified atom stereocenters. The fourth-order valence-corrected chi connectivity index (χ4v) is 3.72. The van der Waals surface area contributed by atoms with Crippen molar-refractivity contribution in [2.75, 3.05) is 0 Å². The Morgan fingerprint density at radius 3 is 2.52 bits per heavy atom. The minimum atomic E-state index is -0.325. The highest BCUT2D eigenvalue weighted by molar-refractivity contribution is 5.80. The number of nitrogens with one attached hydrogen (secondary N) is 1. The molecule has 33 heavy (non-hydrogen) atoms. The molecule has 0 spiro atoms. The van der Waals surface area contributed by atoms with Crippen molar-refractivity contribution in [3.8, 4) is 34.4 Å². The van der Waals surface area contributed by atoms with Crippen molar-refractivity contribution in [1.29, 1.82) is 0 Å². The monoisotopic (exact) mass is 440 g/mol. The maximum atomic E-state index is 13.0. The van der Waals surface area contributed by atoms with Gasteiger partial charge in [0.05, 0.1) is 18.7 Å². The van der Waals surface area contributed by atoms with Crippen molar-refractivity contribution in [1.82, 2.24) is 29.8 Å². The summed E-state index contributed by atoms with van der Waals surface area (Å²) in [6, 6.07) is 15.9. The second-order valence-corrected chi connectivity index (χ2v) is 7.60. The molecule has 0 saturated carbocycles. The fourth-order valence-electron chi connectivity index (χ4n) is 3.72. The SMILES string of the molecule is CC#CCc1cn(C(=O)CCC)c(=O)n1Cc1ccc(-c2ccccc2-c2nnn[nH]2)cc1. The molecule has 8 heteroatoms. The van der Waals surface area contributed by atoms with Crippen molar-refractivity contribution in [3.05, 3.63) is 76.5 Å². The van der Waals surface area contributed by atoms with Crippen LogP contribution in [-0.4, -0.2) is 35.7 Å². The van der Waals surface area contributed by atoms with Crippen LogP contribution in [0.5, 0.6) is 0 Å². The van der Waals surface area contributed by atoms with Crippen LogP contribution in [0.3, 0.4) is 0 Å². The standard InChI is InChI=1S/C25H24N6O2/c1-3-5-9-20-17-31(23(32)8-4-2)25(33)30(20)16-18-12-14-19(15-13-18)21-10-6-7-11-22(21)24-26-28-29-27-24/h6-7,10-15,17H,4,8-9,16H2,1-2H3,(H,26,27,28,29). The Labute approximate surface area is 191 Å². The third-order valence-corrected chi connectivity index (χ3v) is 5.37. The van der Waals surface area contributed by atoms with Gasteiger partial charge in [0.15, 0.2) is 5.82 Å². The average Bonchev–Trinajstić information content (AvgIpc) is 3.48. The number of rotatable bonds is 7. The summed E-state index contributed by atoms with van der Waals surface area (Å²) in [6.07, 6.45) is 3.06. The number of nitrogens with zero attached hydrogens (tertiary/aromatic N) is 5. The van der Waals surface area contributed by atoms with Crippen LogP contribution in [0.1, 0.15) is 42.7 Å². The molecule has 0 aliphatic rings. The second kappa shape index (κ2) is 9.92. The van der Waals surface area contributed by atoms with E-state index >= 15 is 0 Å². The van der Waals surface area contributed by atoms with E-state index in [9.17, 15) is 9.59 Å². The molecule has 166 valence electrons. The largest absolute Gasteiger partial charge is 0.335 e. The van der Waals surface area contributed by atoms with Crippen LogP contribution < -0.4 is 5.69 Å². The topological polar surface area (TPSA) is 98.5 Å². The maximum Gasteiger partial charge on any atom is 0.335 e. The van der Waals surface area contributed by atoms with Crippen molar-refractivity contribution in [2.45, 2.75) is 39.7 Å². The van der Waals surface area contributed by atoms with Gasteiger partial charge in [0.1, 0.15) is 0 Å². The molecular formula is C25H24N6O2. The van der Waals surface area contributed by atoms with Gasteiger partial charge >= 0.3 is 5.69 Å². The summed E-state index contributed by atoms with van der Waals surface area (Å²) >= 11 is 0. The lowest BCUT2D eigenvalue weighted by Crippen LogP contribution is -2.29. The van der Waals surface area contributed by atoms with E-state index in [0.717, 1.165) is 27.9 Å². The molecule has 2 aromatic heterocycles. The first kappa shape index (κ1) is 22.0. The van der Waals surface area contributed by atoms with Crippen LogP contribution >= 0.6 is 0 Å². The highest BCUT2D eigenvalue weighted by atomic mass is 16.2. The Hall–Kier alpha value is -4.25. The molecule has 0 amide bonds. The Kier molecular flexibility index (Phi) is 6.60. The molecule has 0 aliphatic heterocycles. The lowest BCUT2D eigenvalue weighted by molar-refractivity contribution is 0.0897. The van der Waals surface area contributed by atoms with Gasteiger partial charge in [0, 0.05) is 18.2 Å². The first-order chi connectivity index (χ1) is 16.1. The van der Waals surface area contributed by atoms with Crippen LogP contribution in [0, 0.1) is 11.8 Å². The zero-order chi connectivity index (χ0) is 23.2. The number of benzene rings is 2. The van der Waals surface area contributed by atoms with E-state index in [2.05, 4.69) is 32.5 Å². The second-order valence-electron chi connectivity index (χ2n) is 7.60. The van der Waals surface area contributed by atoms with E-state index in [0.29, 0.717) is 31.6 Å². The maximum absolute atomic E-state index is 13.0. The number of hydrogen-bond donors (Lipinski definition) is 1. The van der Waals surface area contributed by atoms with Crippen LogP contribution in [0.25, 0.3) is 22.5 Å². The van der Waals surface area contributed by atoms with Gasteiger partial charge in [-0.3, -0.25) is 9.36 Å². The van der Waals surface area contributed by atoms with Gasteiger partial charge < -0.3 is 0 Å². The molecular weight excluding hydrogens is 416 g/mol. The average molecular weight is 441 g/mol. The number of imidazole rings is 1. The van der Waals surface area contributed by atoms with Gasteiger partial charge in [-0.1, -0.05) is 61.4 Å². The Morgan fingerprint density at radius 2 is 1.85 bits per heavy atom. The smallest absolute Gasteiger partial charge is 0.291 e. The summed E-state index contributed by atoms with van der Waals surface area (Å²) < 4.78 is 2.84. The van der Waals surface area contributed by atoms with Crippen molar-refractivity contribution in [3.63, 3.8) is 0 Å². The predicted molar refractivity (Wildman–Crippen MR) is 126 cm³/mol. The molecule has 4 aromatic rings. The molecule has 8 nitrogen and oxygen atoms in total. The van der Waals surface area contributed by atoms with Crippen molar-refractivity contribution in [2.24, 2.45) is 0 Å². The third-order valence-electron chi connectivity index (χ3n) is 5.37. The molecule has 2 aromatic carbocycles.